The second kappa shape index (κ2) is 14.3. The molecule has 2 saturated heterocycles. The van der Waals surface area contributed by atoms with E-state index < -0.39 is 37.7 Å². The van der Waals surface area contributed by atoms with Crippen molar-refractivity contribution in [2.24, 2.45) is 11.8 Å². The molecule has 3 fully saturated rings. The number of nitrogens with zero attached hydrogens (tertiary/aromatic N) is 3. The molecule has 0 amide bonds. The monoisotopic (exact) mass is 830 g/mol. The number of piperidine rings is 2. The van der Waals surface area contributed by atoms with Crippen LogP contribution in [0.1, 0.15) is 64.2 Å². The molecule has 1 saturated carbocycles. The molecule has 0 aromatic carbocycles. The number of pyridine rings is 1. The fourth-order valence-electron chi connectivity index (χ4n) is 6.61. The van der Waals surface area contributed by atoms with E-state index in [9.17, 15) is 31.8 Å². The number of sulfonamides is 2. The molecule has 45 heavy (non-hydrogen) atoms. The van der Waals surface area contributed by atoms with Crippen LogP contribution in [0.3, 0.4) is 0 Å². The zero-order valence-electron chi connectivity index (χ0n) is 24.5. The molecule has 0 radical (unpaired) electrons. The van der Waals surface area contributed by atoms with Gasteiger partial charge in [-0.05, 0) is 94.4 Å². The minimum Gasteiger partial charge on any atom is -0.480 e. The van der Waals surface area contributed by atoms with Gasteiger partial charge in [-0.2, -0.15) is 9.03 Å². The topological polar surface area (TPSA) is 157 Å². The number of aliphatic carboxylic acids is 1. The Kier molecular flexibility index (Phi) is 11.3. The van der Waals surface area contributed by atoms with Gasteiger partial charge >= 0.3 is 5.97 Å². The maximum absolute atomic E-state index is 13.1. The minimum absolute atomic E-state index is 0.0123. The maximum Gasteiger partial charge on any atom is 0.324 e. The van der Waals surface area contributed by atoms with Crippen molar-refractivity contribution < 1.29 is 31.8 Å². The highest BCUT2D eigenvalue weighted by molar-refractivity contribution is 9.11. The second-order valence-corrected chi connectivity index (χ2v) is 19.5. The molecule has 11 nitrogen and oxygen atoms in total. The smallest absolute Gasteiger partial charge is 0.324 e. The largest absolute Gasteiger partial charge is 0.480 e. The quantitative estimate of drug-likeness (QED) is 0.268. The lowest BCUT2D eigenvalue weighted by Gasteiger charge is -2.34. The van der Waals surface area contributed by atoms with Crippen LogP contribution in [0.5, 0.6) is 0 Å². The number of carbonyl (C=O) groups is 1. The number of hydrogen-bond donors (Lipinski definition) is 3. The van der Waals surface area contributed by atoms with Crippen molar-refractivity contribution in [1.82, 2.24) is 14.0 Å². The van der Waals surface area contributed by atoms with Crippen molar-refractivity contribution in [2.45, 2.75) is 85.0 Å². The minimum atomic E-state index is -4.18. The molecule has 4 heterocycles. The van der Waals surface area contributed by atoms with Crippen molar-refractivity contribution in [3.8, 4) is 0 Å². The van der Waals surface area contributed by atoms with Gasteiger partial charge in [0.25, 0.3) is 10.0 Å². The van der Waals surface area contributed by atoms with Crippen molar-refractivity contribution in [3.63, 3.8) is 0 Å². The Bertz CT molecular complexity index is 1590. The summed E-state index contributed by atoms with van der Waals surface area (Å²) in [5.74, 6) is 0.444. The van der Waals surface area contributed by atoms with Crippen molar-refractivity contribution >= 4 is 86.6 Å². The number of carboxylic acids is 1. The Morgan fingerprint density at radius 2 is 1.64 bits per heavy atom. The number of thiophene rings is 1. The Morgan fingerprint density at radius 1 is 1.02 bits per heavy atom. The number of halogens is 3. The Morgan fingerprint density at radius 3 is 2.16 bits per heavy atom. The lowest BCUT2D eigenvalue weighted by Crippen LogP contribution is -2.52. The predicted octanol–water partition coefficient (Wildman–Crippen LogP) is 5.46. The average molecular weight is 833 g/mol. The van der Waals surface area contributed by atoms with Crippen molar-refractivity contribution in [1.29, 1.82) is 0 Å². The summed E-state index contributed by atoms with van der Waals surface area (Å²) in [5, 5.41) is 19.5. The average Bonchev–Trinajstić information content (AvgIpc) is 3.55. The fourth-order valence-corrected chi connectivity index (χ4v) is 12.7. The number of carboxylic acid groups (broad SMARTS) is 1. The van der Waals surface area contributed by atoms with E-state index in [4.69, 9.17) is 11.6 Å². The molecule has 0 bridgehead atoms. The van der Waals surface area contributed by atoms with Gasteiger partial charge in [0.15, 0.2) is 0 Å². The van der Waals surface area contributed by atoms with Crippen LogP contribution in [-0.2, 0) is 24.8 Å². The summed E-state index contributed by atoms with van der Waals surface area (Å²) in [7, 11) is -7.70. The molecule has 0 spiro atoms. The van der Waals surface area contributed by atoms with E-state index in [0.29, 0.717) is 44.0 Å². The van der Waals surface area contributed by atoms with Crippen LogP contribution in [0.25, 0.3) is 0 Å². The molecule has 250 valence electrons. The fraction of sp³-hybridized carbons (Fsp3) is 0.643. The Balaban J connectivity index is 1.07. The van der Waals surface area contributed by atoms with Crippen LogP contribution in [-0.4, -0.2) is 80.1 Å². The third-order valence-electron chi connectivity index (χ3n) is 9.26. The van der Waals surface area contributed by atoms with Crippen LogP contribution < -0.4 is 9.62 Å². The molecule has 2 atom stereocenters. The molecule has 2 unspecified atom stereocenters. The van der Waals surface area contributed by atoms with Crippen LogP contribution in [0.2, 0.25) is 4.34 Å². The van der Waals surface area contributed by atoms with Gasteiger partial charge in [-0.15, -0.1) is 11.3 Å². The van der Waals surface area contributed by atoms with Crippen molar-refractivity contribution in [3.05, 3.63) is 31.6 Å². The number of anilines is 1. The first-order chi connectivity index (χ1) is 21.2. The highest BCUT2D eigenvalue weighted by Crippen LogP contribution is 2.38. The van der Waals surface area contributed by atoms with Gasteiger partial charge in [-0.1, -0.05) is 30.9 Å². The molecule has 5 rings (SSSR count). The van der Waals surface area contributed by atoms with Gasteiger partial charge in [-0.3, -0.25) is 4.79 Å². The number of aromatic nitrogens is 1. The highest BCUT2D eigenvalue weighted by atomic mass is 79.9. The number of nitrogens with one attached hydrogen (secondary N) is 1. The number of aliphatic hydroxyl groups excluding tert-OH is 1. The molecule has 2 aliphatic heterocycles. The summed E-state index contributed by atoms with van der Waals surface area (Å²) in [5.41, 5.74) is -1.74. The van der Waals surface area contributed by atoms with Gasteiger partial charge in [-0.25, -0.2) is 21.8 Å². The normalized spacial score (nSPS) is 24.4. The third kappa shape index (κ3) is 8.07. The van der Waals surface area contributed by atoms with E-state index in [2.05, 4.69) is 46.5 Å². The highest BCUT2D eigenvalue weighted by Gasteiger charge is 2.48. The Hall–Kier alpha value is -0.850. The molecular weight excluding hydrogens is 796 g/mol. The first-order valence-corrected chi connectivity index (χ1v) is 20.7. The van der Waals surface area contributed by atoms with Crippen LogP contribution >= 0.6 is 54.8 Å². The summed E-state index contributed by atoms with van der Waals surface area (Å²) in [6.07, 6.45) is 7.43. The molecule has 17 heteroatoms. The lowest BCUT2D eigenvalue weighted by atomic mass is 9.87. The van der Waals surface area contributed by atoms with Crippen molar-refractivity contribution in [2.75, 3.05) is 31.1 Å². The van der Waals surface area contributed by atoms with E-state index in [1.807, 2.05) is 0 Å². The van der Waals surface area contributed by atoms with Crippen LogP contribution in [0, 0.1) is 11.8 Å². The summed E-state index contributed by atoms with van der Waals surface area (Å²) in [4.78, 5) is 18.3. The number of aliphatic hydroxyl groups is 1. The van der Waals surface area contributed by atoms with Gasteiger partial charge in [0.2, 0.25) is 10.0 Å². The van der Waals surface area contributed by atoms with Gasteiger partial charge in [0, 0.05) is 43.3 Å². The number of hydrogen-bond acceptors (Lipinski definition) is 9. The molecule has 3 aliphatic rings. The predicted molar refractivity (Wildman–Crippen MR) is 180 cm³/mol. The molecule has 3 N–H and O–H groups in total. The second-order valence-electron chi connectivity index (χ2n) is 12.3. The van der Waals surface area contributed by atoms with E-state index in [-0.39, 0.29) is 28.4 Å². The zero-order valence-corrected chi connectivity index (χ0v) is 30.9. The van der Waals surface area contributed by atoms with Crippen LogP contribution in [0.15, 0.2) is 36.4 Å². The maximum atomic E-state index is 13.1. The van der Waals surface area contributed by atoms with Gasteiger partial charge in [0.05, 0.1) is 10.6 Å². The van der Waals surface area contributed by atoms with E-state index in [1.165, 1.54) is 12.3 Å². The summed E-state index contributed by atoms with van der Waals surface area (Å²) >= 11 is 13.9. The Labute approximate surface area is 290 Å². The SMILES string of the molecule is O=C(O)C1(NS(=O)(=O)c2cnc(N3CCC(CCCC4CCN(S(=O)(=O)c5cc(Br)c(Cl)s5)CC4)CC3)c(Br)c2)CCC(O)C1. The van der Waals surface area contributed by atoms with E-state index in [1.54, 1.807) is 10.4 Å². The summed E-state index contributed by atoms with van der Waals surface area (Å²) < 4.78 is 57.8. The standard InChI is InChI=1S/C28H37Br2ClN4O7S3/c29-22-15-24(43-25(22)31)45(41,42)35-12-7-19(8-13-35)3-1-2-18-5-10-34(11-6-18)26-23(30)14-21(17-32-26)44(39,40)33-28(27(37)38)9-4-20(36)16-28/h14-15,17-20,33,36H,1-13,16H2,(H,37,38). The first-order valence-electron chi connectivity index (χ1n) is 15.0. The van der Waals surface area contributed by atoms with Gasteiger partial charge < -0.3 is 15.1 Å². The number of rotatable bonds is 11. The first kappa shape index (κ1) is 35.5. The van der Waals surface area contributed by atoms with E-state index in [0.717, 1.165) is 69.4 Å². The molecule has 2 aromatic rings. The van der Waals surface area contributed by atoms with Crippen LogP contribution in [0.4, 0.5) is 5.82 Å². The molecular formula is C28H37Br2ClN4O7S3. The van der Waals surface area contributed by atoms with E-state index >= 15 is 0 Å². The summed E-state index contributed by atoms with van der Waals surface area (Å²) in [6, 6.07) is 3.02. The van der Waals surface area contributed by atoms with Gasteiger partial charge in [0.1, 0.15) is 24.8 Å². The zero-order chi connectivity index (χ0) is 32.6. The molecule has 2 aromatic heterocycles. The lowest BCUT2D eigenvalue weighted by molar-refractivity contribution is -0.144. The molecule has 1 aliphatic carbocycles. The third-order valence-corrected chi connectivity index (χ3v) is 16.2. The summed E-state index contributed by atoms with van der Waals surface area (Å²) in [6.45, 7) is 2.64.